The van der Waals surface area contributed by atoms with Gasteiger partial charge in [-0.15, -0.1) is 11.8 Å². The lowest BCUT2D eigenvalue weighted by atomic mass is 10.1. The van der Waals surface area contributed by atoms with Crippen molar-refractivity contribution in [3.63, 3.8) is 0 Å². The molecule has 0 aliphatic carbocycles. The quantitative estimate of drug-likeness (QED) is 0.499. The molecule has 0 spiro atoms. The van der Waals surface area contributed by atoms with Crippen LogP contribution in [0.15, 0.2) is 0 Å². The Hall–Kier alpha value is -0.750. The molecular formula is C6H8N2O3S. The Morgan fingerprint density at radius 1 is 1.75 bits per heavy atom. The maximum Gasteiger partial charge on any atom is 0.327 e. The van der Waals surface area contributed by atoms with Gasteiger partial charge < -0.3 is 15.7 Å². The number of amides is 1. The molecule has 12 heavy (non-hydrogen) atoms. The summed E-state index contributed by atoms with van der Waals surface area (Å²) in [6.45, 7) is 0. The van der Waals surface area contributed by atoms with Crippen LogP contribution in [-0.4, -0.2) is 45.1 Å². The molecule has 0 aromatic rings. The predicted molar refractivity (Wildman–Crippen MR) is 42.5 cm³/mol. The van der Waals surface area contributed by atoms with Crippen LogP contribution in [0.3, 0.4) is 0 Å². The molecule has 0 radical (unpaired) electrons. The Morgan fingerprint density at radius 3 is 3.00 bits per heavy atom. The smallest absolute Gasteiger partial charge is 0.327 e. The minimum absolute atomic E-state index is 0.0985. The Bertz CT molecular complexity index is 257. The second-order valence-electron chi connectivity index (χ2n) is 2.85. The molecule has 66 valence electrons. The molecule has 2 aliphatic rings. The van der Waals surface area contributed by atoms with Crippen molar-refractivity contribution in [2.75, 3.05) is 5.75 Å². The number of hydrogen-bond acceptors (Lipinski definition) is 4. The summed E-state index contributed by atoms with van der Waals surface area (Å²) in [5.41, 5.74) is 5.46. The highest BCUT2D eigenvalue weighted by molar-refractivity contribution is 8.00. The molecule has 1 amide bonds. The molecule has 0 aromatic heterocycles. The lowest BCUT2D eigenvalue weighted by molar-refractivity contribution is -0.157. The summed E-state index contributed by atoms with van der Waals surface area (Å²) in [4.78, 5) is 23.0. The Morgan fingerprint density at radius 2 is 2.42 bits per heavy atom. The Kier molecular flexibility index (Phi) is 1.55. The van der Waals surface area contributed by atoms with E-state index >= 15 is 0 Å². The molecule has 0 aromatic carbocycles. The predicted octanol–water partition coefficient (Wildman–Crippen LogP) is -1.32. The standard InChI is InChI=1S/C6H8N2O3S/c7-3-4(9)8-2(6(10)11)1-12-5(3)8/h2-3,5H,1,7H2,(H,10,11)/t2?,3-,5+/m1/s1. The number of hydrogen-bond donors (Lipinski definition) is 2. The van der Waals surface area contributed by atoms with Crippen LogP contribution in [0, 0.1) is 0 Å². The number of β-lactam (4-membered cyclic amide) rings is 1. The minimum atomic E-state index is -0.940. The SMILES string of the molecule is N[C@@H]1C(=O)N2C(C(=O)O)CS[C@@H]12. The van der Waals surface area contributed by atoms with Gasteiger partial charge in [-0.2, -0.15) is 0 Å². The van der Waals surface area contributed by atoms with Crippen LogP contribution in [0.4, 0.5) is 0 Å². The summed E-state index contributed by atoms with van der Waals surface area (Å²) in [7, 11) is 0. The zero-order chi connectivity index (χ0) is 8.88. The number of rotatable bonds is 1. The minimum Gasteiger partial charge on any atom is -0.480 e. The number of carbonyl (C=O) groups is 2. The molecule has 3 atom stereocenters. The van der Waals surface area contributed by atoms with Crippen molar-refractivity contribution in [2.45, 2.75) is 17.5 Å². The summed E-state index contributed by atoms with van der Waals surface area (Å²) in [6.07, 6.45) is 0. The van der Waals surface area contributed by atoms with Crippen molar-refractivity contribution in [2.24, 2.45) is 5.73 Å². The zero-order valence-electron chi connectivity index (χ0n) is 6.14. The molecular weight excluding hydrogens is 180 g/mol. The van der Waals surface area contributed by atoms with E-state index in [1.54, 1.807) is 0 Å². The molecule has 0 saturated carbocycles. The molecule has 1 unspecified atom stereocenters. The maximum absolute atomic E-state index is 11.1. The van der Waals surface area contributed by atoms with Crippen molar-refractivity contribution in [3.05, 3.63) is 0 Å². The fourth-order valence-corrected chi connectivity index (χ4v) is 2.90. The van der Waals surface area contributed by atoms with Crippen molar-refractivity contribution in [1.29, 1.82) is 0 Å². The molecule has 3 N–H and O–H groups in total. The summed E-state index contributed by atoms with van der Waals surface area (Å²) >= 11 is 1.44. The molecule has 6 heteroatoms. The van der Waals surface area contributed by atoms with E-state index in [-0.39, 0.29) is 11.3 Å². The van der Waals surface area contributed by atoms with E-state index in [1.165, 1.54) is 16.7 Å². The fourth-order valence-electron chi connectivity index (χ4n) is 1.49. The van der Waals surface area contributed by atoms with E-state index in [1.807, 2.05) is 0 Å². The number of nitrogens with zero attached hydrogens (tertiary/aromatic N) is 1. The third kappa shape index (κ3) is 0.789. The highest BCUT2D eigenvalue weighted by Gasteiger charge is 2.55. The Labute approximate surface area is 72.9 Å². The summed E-state index contributed by atoms with van der Waals surface area (Å²) in [5.74, 6) is -0.720. The summed E-state index contributed by atoms with van der Waals surface area (Å²) < 4.78 is 0. The normalized spacial score (nSPS) is 39.2. The van der Waals surface area contributed by atoms with Crippen LogP contribution in [0.5, 0.6) is 0 Å². The topological polar surface area (TPSA) is 83.6 Å². The molecule has 2 saturated heterocycles. The van der Waals surface area contributed by atoms with Gasteiger partial charge in [-0.25, -0.2) is 4.79 Å². The van der Waals surface area contributed by atoms with Gasteiger partial charge in [0.1, 0.15) is 17.5 Å². The monoisotopic (exact) mass is 188 g/mol. The molecule has 2 aliphatic heterocycles. The van der Waals surface area contributed by atoms with Crippen LogP contribution < -0.4 is 5.73 Å². The highest BCUT2D eigenvalue weighted by Crippen LogP contribution is 2.38. The van der Waals surface area contributed by atoms with Gasteiger partial charge in [0.25, 0.3) is 0 Å². The molecule has 5 nitrogen and oxygen atoms in total. The largest absolute Gasteiger partial charge is 0.480 e. The number of carboxylic acids is 1. The van der Waals surface area contributed by atoms with Crippen LogP contribution in [-0.2, 0) is 9.59 Å². The van der Waals surface area contributed by atoms with Gasteiger partial charge in [0, 0.05) is 5.75 Å². The van der Waals surface area contributed by atoms with Crippen molar-refractivity contribution in [3.8, 4) is 0 Å². The van der Waals surface area contributed by atoms with Crippen molar-refractivity contribution in [1.82, 2.24) is 4.90 Å². The third-order valence-electron chi connectivity index (χ3n) is 2.17. The average molecular weight is 188 g/mol. The van der Waals surface area contributed by atoms with Gasteiger partial charge in [0.2, 0.25) is 5.91 Å². The van der Waals surface area contributed by atoms with Gasteiger partial charge in [0.05, 0.1) is 0 Å². The van der Waals surface area contributed by atoms with Gasteiger partial charge in [-0.05, 0) is 0 Å². The first-order valence-corrected chi connectivity index (χ1v) is 4.60. The number of thioether (sulfide) groups is 1. The average Bonchev–Trinajstić information content (AvgIpc) is 2.43. The van der Waals surface area contributed by atoms with Crippen LogP contribution >= 0.6 is 11.8 Å². The van der Waals surface area contributed by atoms with Crippen LogP contribution in [0.1, 0.15) is 0 Å². The first-order valence-electron chi connectivity index (χ1n) is 3.55. The Balaban J connectivity index is 2.16. The van der Waals surface area contributed by atoms with E-state index in [9.17, 15) is 9.59 Å². The summed E-state index contributed by atoms with van der Waals surface area (Å²) in [6, 6.07) is -1.15. The summed E-state index contributed by atoms with van der Waals surface area (Å²) in [5, 5.41) is 8.59. The molecule has 2 rings (SSSR count). The van der Waals surface area contributed by atoms with E-state index in [2.05, 4.69) is 0 Å². The van der Waals surface area contributed by atoms with E-state index in [0.29, 0.717) is 5.75 Å². The number of nitrogens with two attached hydrogens (primary N) is 1. The lowest BCUT2D eigenvalue weighted by Crippen LogP contribution is -2.68. The van der Waals surface area contributed by atoms with Crippen molar-refractivity contribution >= 4 is 23.6 Å². The number of carbonyl (C=O) groups excluding carboxylic acids is 1. The van der Waals surface area contributed by atoms with Crippen LogP contribution in [0.25, 0.3) is 0 Å². The highest BCUT2D eigenvalue weighted by atomic mass is 32.2. The number of fused-ring (bicyclic) bond motifs is 1. The van der Waals surface area contributed by atoms with Gasteiger partial charge in [-0.3, -0.25) is 4.79 Å². The van der Waals surface area contributed by atoms with E-state index in [4.69, 9.17) is 10.8 Å². The molecule has 2 heterocycles. The molecule has 0 bridgehead atoms. The number of aliphatic carboxylic acids is 1. The molecule has 2 fully saturated rings. The van der Waals surface area contributed by atoms with Gasteiger partial charge >= 0.3 is 5.97 Å². The lowest BCUT2D eigenvalue weighted by Gasteiger charge is -2.41. The van der Waals surface area contributed by atoms with Crippen LogP contribution in [0.2, 0.25) is 0 Å². The van der Waals surface area contributed by atoms with Crippen molar-refractivity contribution < 1.29 is 14.7 Å². The van der Waals surface area contributed by atoms with Gasteiger partial charge in [-0.1, -0.05) is 0 Å². The van der Waals surface area contributed by atoms with Gasteiger partial charge in [0.15, 0.2) is 0 Å². The first kappa shape index (κ1) is 7.88. The second kappa shape index (κ2) is 2.37. The maximum atomic E-state index is 11.1. The van der Waals surface area contributed by atoms with E-state index < -0.39 is 18.1 Å². The zero-order valence-corrected chi connectivity index (χ0v) is 6.95. The first-order chi connectivity index (χ1) is 5.63. The third-order valence-corrected chi connectivity index (χ3v) is 3.54. The fraction of sp³-hybridized carbons (Fsp3) is 0.667. The second-order valence-corrected chi connectivity index (χ2v) is 4.00. The van der Waals surface area contributed by atoms with E-state index in [0.717, 1.165) is 0 Å². The number of carboxylic acid groups (broad SMARTS) is 1.